The summed E-state index contributed by atoms with van der Waals surface area (Å²) in [5.41, 5.74) is 0.279. The van der Waals surface area contributed by atoms with Crippen molar-refractivity contribution >= 4 is 21.5 Å². The zero-order chi connectivity index (χ0) is 29.9. The summed E-state index contributed by atoms with van der Waals surface area (Å²) >= 11 is 0. The van der Waals surface area contributed by atoms with Gasteiger partial charge in [-0.1, -0.05) is 24.3 Å². The zero-order valence-electron chi connectivity index (χ0n) is 22.0. The number of aryl methyl sites for hydroxylation is 1. The van der Waals surface area contributed by atoms with Crippen molar-refractivity contribution in [2.24, 2.45) is 0 Å². The second-order valence-electron chi connectivity index (χ2n) is 9.22. The number of benzene rings is 2. The number of hydrogen-bond donors (Lipinski definition) is 2. The highest BCUT2D eigenvalue weighted by Crippen LogP contribution is 2.32. The first-order chi connectivity index (χ1) is 19.3. The van der Waals surface area contributed by atoms with Crippen LogP contribution in [-0.4, -0.2) is 25.5 Å². The molecule has 210 valence electrons. The molecule has 4 aromatic rings. The first-order valence-electron chi connectivity index (χ1n) is 12.1. The van der Waals surface area contributed by atoms with Gasteiger partial charge in [-0.3, -0.25) is 14.6 Å². The van der Waals surface area contributed by atoms with Gasteiger partial charge in [-0.25, -0.2) is 8.93 Å². The molecule has 0 aliphatic rings. The fourth-order valence-electron chi connectivity index (χ4n) is 4.23. The number of nitrogens with one attached hydrogen (secondary N) is 2. The van der Waals surface area contributed by atoms with Gasteiger partial charge >= 0.3 is 6.18 Å². The van der Waals surface area contributed by atoms with Crippen molar-refractivity contribution < 1.29 is 22.2 Å². The number of halogens is 3. The molecule has 2 aromatic heterocycles. The third-order valence-corrected chi connectivity index (χ3v) is 7.74. The lowest BCUT2D eigenvalue weighted by Gasteiger charge is -2.18. The van der Waals surface area contributed by atoms with Crippen LogP contribution in [0.25, 0.3) is 16.8 Å². The fraction of sp³-hybridized carbons (Fsp3) is 0.138. The van der Waals surface area contributed by atoms with Crippen molar-refractivity contribution in [3.63, 3.8) is 0 Å². The summed E-state index contributed by atoms with van der Waals surface area (Å²) in [5.74, 6) is 2.76. The van der Waals surface area contributed by atoms with E-state index in [2.05, 4.69) is 20.9 Å². The van der Waals surface area contributed by atoms with Gasteiger partial charge in [-0.05, 0) is 66.7 Å². The minimum absolute atomic E-state index is 0.0126. The number of amides is 1. The van der Waals surface area contributed by atoms with Gasteiger partial charge in [-0.2, -0.15) is 18.4 Å². The summed E-state index contributed by atoms with van der Waals surface area (Å²) in [5, 5.41) is 11.4. The molecule has 41 heavy (non-hydrogen) atoms. The average Bonchev–Trinajstić information content (AvgIpc) is 2.92. The number of nitrogens with zero attached hydrogens (tertiary/aromatic N) is 3. The normalized spacial score (nSPS) is 12.7. The summed E-state index contributed by atoms with van der Waals surface area (Å²) in [6.07, 6.45) is 1.46. The van der Waals surface area contributed by atoms with Gasteiger partial charge in [0.2, 0.25) is 5.43 Å². The molecule has 2 aromatic carbocycles. The van der Waals surface area contributed by atoms with E-state index in [0.717, 1.165) is 17.7 Å². The number of nitriles is 1. The zero-order valence-corrected chi connectivity index (χ0v) is 22.8. The van der Waals surface area contributed by atoms with E-state index < -0.39 is 32.8 Å². The number of rotatable bonds is 7. The molecule has 2 heterocycles. The summed E-state index contributed by atoms with van der Waals surface area (Å²) in [7, 11) is -3.01. The van der Waals surface area contributed by atoms with Gasteiger partial charge in [0.25, 0.3) is 5.91 Å². The second-order valence-corrected chi connectivity index (χ2v) is 11.2. The third kappa shape index (κ3) is 6.31. The standard InChI is InChI=1S/C29H24F3N5O3S/c1-18-11-23(15-34-13-18)37-16-25(27(38)26(19(37)2)21-5-4-6-22(12-21)29(30,31)32)28(39)35-14-20-7-9-24(10-8-20)41(3,40)36-17-33/h4-13,15-16H,3,14H2,1-2H3,(H,35,39)(H,36,40). The van der Waals surface area contributed by atoms with Crippen LogP contribution >= 0.6 is 0 Å². The Labute approximate surface area is 234 Å². The largest absolute Gasteiger partial charge is 0.416 e. The van der Waals surface area contributed by atoms with Crippen molar-refractivity contribution in [3.05, 3.63) is 111 Å². The lowest BCUT2D eigenvalue weighted by Crippen LogP contribution is -2.30. The molecule has 0 bridgehead atoms. The van der Waals surface area contributed by atoms with Gasteiger partial charge in [0.15, 0.2) is 6.19 Å². The molecule has 2 N–H and O–H groups in total. The van der Waals surface area contributed by atoms with E-state index in [1.54, 1.807) is 42.1 Å². The molecule has 1 amide bonds. The van der Waals surface area contributed by atoms with E-state index in [4.69, 9.17) is 5.26 Å². The van der Waals surface area contributed by atoms with Crippen molar-refractivity contribution in [1.29, 1.82) is 5.26 Å². The van der Waals surface area contributed by atoms with Crippen LogP contribution in [0.4, 0.5) is 13.2 Å². The van der Waals surface area contributed by atoms with Gasteiger partial charge in [0.05, 0.1) is 32.1 Å². The Morgan fingerprint density at radius 2 is 1.83 bits per heavy atom. The molecule has 0 saturated carbocycles. The van der Waals surface area contributed by atoms with E-state index in [0.29, 0.717) is 16.9 Å². The molecular weight excluding hydrogens is 555 g/mol. The summed E-state index contributed by atoms with van der Waals surface area (Å²) < 4.78 is 56.5. The Balaban J connectivity index is 1.76. The van der Waals surface area contributed by atoms with Gasteiger partial charge in [-0.15, -0.1) is 0 Å². The molecule has 0 fully saturated rings. The molecule has 0 saturated heterocycles. The average molecular weight is 580 g/mol. The maximum Gasteiger partial charge on any atom is 0.416 e. The van der Waals surface area contributed by atoms with Crippen molar-refractivity contribution in [1.82, 2.24) is 19.6 Å². The number of carbonyl (C=O) groups excluding carboxylic acids is 1. The molecule has 4 rings (SSSR count). The Kier molecular flexibility index (Phi) is 8.02. The van der Waals surface area contributed by atoms with E-state index in [1.165, 1.54) is 36.7 Å². The first-order valence-corrected chi connectivity index (χ1v) is 13.8. The van der Waals surface area contributed by atoms with Crippen molar-refractivity contribution in [3.8, 4) is 23.0 Å². The predicted octanol–water partition coefficient (Wildman–Crippen LogP) is 4.53. The lowest BCUT2D eigenvalue weighted by atomic mass is 9.98. The first kappa shape index (κ1) is 29.1. The molecule has 0 aliphatic heterocycles. The van der Waals surface area contributed by atoms with Gasteiger partial charge in [0, 0.05) is 30.2 Å². The molecule has 1 atom stereocenters. The highest BCUT2D eigenvalue weighted by molar-refractivity contribution is 7.98. The van der Waals surface area contributed by atoms with Crippen LogP contribution in [0.5, 0.6) is 0 Å². The number of alkyl halides is 3. The predicted molar refractivity (Wildman–Crippen MR) is 150 cm³/mol. The highest BCUT2D eigenvalue weighted by atomic mass is 32.2. The van der Waals surface area contributed by atoms with Crippen molar-refractivity contribution in [2.75, 3.05) is 0 Å². The number of aromatic nitrogens is 2. The third-order valence-electron chi connectivity index (χ3n) is 6.28. The highest BCUT2D eigenvalue weighted by Gasteiger charge is 2.31. The summed E-state index contributed by atoms with van der Waals surface area (Å²) in [4.78, 5) is 31.4. The Morgan fingerprint density at radius 1 is 1.12 bits per heavy atom. The molecular formula is C29H24F3N5O3S. The SMILES string of the molecule is C=S(=O)(NC#N)c1ccc(CNC(=O)c2cn(-c3cncc(C)c3)c(C)c(-c3cccc(C(F)(F)F)c3)c2=O)cc1. The number of hydrogen-bond acceptors (Lipinski definition) is 5. The van der Waals surface area contributed by atoms with Crippen LogP contribution in [0.3, 0.4) is 0 Å². The Hall–Kier alpha value is -4.89. The van der Waals surface area contributed by atoms with Crippen LogP contribution < -0.4 is 15.5 Å². The molecule has 0 radical (unpaired) electrons. The topological polar surface area (TPSA) is 117 Å². The summed E-state index contributed by atoms with van der Waals surface area (Å²) in [6, 6.07) is 12.3. The lowest BCUT2D eigenvalue weighted by molar-refractivity contribution is -0.137. The van der Waals surface area contributed by atoms with Crippen LogP contribution in [-0.2, 0) is 22.4 Å². The van der Waals surface area contributed by atoms with E-state index in [-0.39, 0.29) is 28.1 Å². The van der Waals surface area contributed by atoms with E-state index in [9.17, 15) is 27.0 Å². The maximum absolute atomic E-state index is 13.6. The number of pyridine rings is 2. The fourth-order valence-corrected chi connectivity index (χ4v) is 5.07. The van der Waals surface area contributed by atoms with Crippen LogP contribution in [0, 0.1) is 25.3 Å². The Bertz CT molecular complexity index is 1840. The smallest absolute Gasteiger partial charge is 0.348 e. The minimum atomic E-state index is -4.63. The van der Waals surface area contributed by atoms with Crippen LogP contribution in [0.15, 0.2) is 82.9 Å². The van der Waals surface area contributed by atoms with E-state index >= 15 is 0 Å². The summed E-state index contributed by atoms with van der Waals surface area (Å²) in [6.45, 7) is 3.38. The van der Waals surface area contributed by atoms with Gasteiger partial charge < -0.3 is 9.88 Å². The quantitative estimate of drug-likeness (QED) is 0.190. The second kappa shape index (κ2) is 11.3. The van der Waals surface area contributed by atoms with Crippen LogP contribution in [0.1, 0.15) is 32.7 Å². The molecule has 1 unspecified atom stereocenters. The van der Waals surface area contributed by atoms with E-state index in [1.807, 2.05) is 6.92 Å². The monoisotopic (exact) mass is 579 g/mol. The van der Waals surface area contributed by atoms with Crippen molar-refractivity contribution in [2.45, 2.75) is 31.5 Å². The molecule has 12 heteroatoms. The molecule has 8 nitrogen and oxygen atoms in total. The molecule has 0 aliphatic carbocycles. The van der Waals surface area contributed by atoms with Crippen LogP contribution in [0.2, 0.25) is 0 Å². The Morgan fingerprint density at radius 3 is 2.46 bits per heavy atom. The number of carbonyl (C=O) groups is 1. The minimum Gasteiger partial charge on any atom is -0.348 e. The maximum atomic E-state index is 13.6. The van der Waals surface area contributed by atoms with Gasteiger partial charge in [0.1, 0.15) is 5.56 Å². The molecule has 0 spiro atoms.